The van der Waals surface area contributed by atoms with Crippen molar-refractivity contribution in [2.75, 3.05) is 20.3 Å². The Morgan fingerprint density at radius 3 is 2.89 bits per heavy atom. The SMILES string of the molecule is COCC(C)CN=C=S. The van der Waals surface area contributed by atoms with Crippen LogP contribution in [0.4, 0.5) is 0 Å². The third-order valence-corrected chi connectivity index (χ3v) is 1.05. The molecular formula is C6H11NOS. The number of methoxy groups -OCH3 is 1. The van der Waals surface area contributed by atoms with Crippen molar-refractivity contribution in [3.63, 3.8) is 0 Å². The first kappa shape index (κ1) is 8.76. The number of rotatable bonds is 4. The Kier molecular flexibility index (Phi) is 5.73. The highest BCUT2D eigenvalue weighted by Gasteiger charge is 1.96. The van der Waals surface area contributed by atoms with Gasteiger partial charge in [-0.3, -0.25) is 0 Å². The first-order valence-corrected chi connectivity index (χ1v) is 3.24. The maximum absolute atomic E-state index is 4.88. The molecule has 0 spiro atoms. The van der Waals surface area contributed by atoms with Gasteiger partial charge in [0.1, 0.15) is 0 Å². The number of hydrogen-bond acceptors (Lipinski definition) is 3. The minimum atomic E-state index is 0.449. The van der Waals surface area contributed by atoms with Gasteiger partial charge in [0.15, 0.2) is 0 Å². The minimum Gasteiger partial charge on any atom is -0.384 e. The van der Waals surface area contributed by atoms with Crippen molar-refractivity contribution in [2.24, 2.45) is 10.9 Å². The molecule has 0 bridgehead atoms. The molecule has 0 aromatic heterocycles. The molecule has 52 valence electrons. The Labute approximate surface area is 60.9 Å². The van der Waals surface area contributed by atoms with Gasteiger partial charge in [-0.15, -0.1) is 0 Å². The fourth-order valence-electron chi connectivity index (χ4n) is 0.530. The molecule has 3 heteroatoms. The largest absolute Gasteiger partial charge is 0.384 e. The molecule has 0 saturated heterocycles. The van der Waals surface area contributed by atoms with E-state index in [0.29, 0.717) is 5.92 Å². The van der Waals surface area contributed by atoms with E-state index in [-0.39, 0.29) is 0 Å². The van der Waals surface area contributed by atoms with Gasteiger partial charge in [0.2, 0.25) is 0 Å². The summed E-state index contributed by atoms with van der Waals surface area (Å²) in [5.41, 5.74) is 0. The van der Waals surface area contributed by atoms with Crippen molar-refractivity contribution in [1.82, 2.24) is 0 Å². The third kappa shape index (κ3) is 5.63. The molecule has 0 heterocycles. The number of aliphatic imine (C=N–C) groups is 1. The molecule has 0 amide bonds. The van der Waals surface area contributed by atoms with E-state index in [2.05, 4.69) is 29.3 Å². The highest BCUT2D eigenvalue weighted by Crippen LogP contribution is 1.93. The smallest absolute Gasteiger partial charge is 0.0585 e. The van der Waals surface area contributed by atoms with Gasteiger partial charge in [0.25, 0.3) is 0 Å². The minimum absolute atomic E-state index is 0.449. The average molecular weight is 145 g/mol. The molecule has 0 aliphatic heterocycles. The standard InChI is InChI=1S/C6H11NOS/c1-6(4-8-2)3-7-5-9/h6H,3-4H2,1-2H3. The second kappa shape index (κ2) is 5.89. The Hall–Kier alpha value is -0.240. The van der Waals surface area contributed by atoms with E-state index in [0.717, 1.165) is 13.2 Å². The van der Waals surface area contributed by atoms with Crippen molar-refractivity contribution in [2.45, 2.75) is 6.92 Å². The van der Waals surface area contributed by atoms with Crippen LogP contribution in [0.5, 0.6) is 0 Å². The summed E-state index contributed by atoms with van der Waals surface area (Å²) in [7, 11) is 1.68. The molecule has 0 rings (SSSR count). The van der Waals surface area contributed by atoms with Crippen molar-refractivity contribution < 1.29 is 4.74 Å². The van der Waals surface area contributed by atoms with Crippen molar-refractivity contribution in [3.8, 4) is 0 Å². The molecule has 0 aromatic rings. The van der Waals surface area contributed by atoms with Gasteiger partial charge in [-0.1, -0.05) is 6.92 Å². The van der Waals surface area contributed by atoms with Crippen molar-refractivity contribution >= 4 is 17.4 Å². The summed E-state index contributed by atoms with van der Waals surface area (Å²) in [6.45, 7) is 3.51. The second-order valence-electron chi connectivity index (χ2n) is 1.99. The van der Waals surface area contributed by atoms with Crippen LogP contribution in [0.15, 0.2) is 4.99 Å². The molecule has 9 heavy (non-hydrogen) atoms. The molecule has 0 fully saturated rings. The zero-order valence-electron chi connectivity index (χ0n) is 5.76. The van der Waals surface area contributed by atoms with Crippen LogP contribution in [0.1, 0.15) is 6.92 Å². The summed E-state index contributed by atoms with van der Waals surface area (Å²) in [5.74, 6) is 0.449. The van der Waals surface area contributed by atoms with Crippen LogP contribution in [0.2, 0.25) is 0 Å². The van der Waals surface area contributed by atoms with Crippen LogP contribution >= 0.6 is 12.2 Å². The van der Waals surface area contributed by atoms with Gasteiger partial charge in [-0.25, -0.2) is 4.99 Å². The summed E-state index contributed by atoms with van der Waals surface area (Å²) >= 11 is 4.40. The van der Waals surface area contributed by atoms with E-state index in [1.165, 1.54) is 0 Å². The summed E-state index contributed by atoms with van der Waals surface area (Å²) in [5, 5.41) is 2.31. The van der Waals surface area contributed by atoms with Crippen LogP contribution in [-0.2, 0) is 4.74 Å². The van der Waals surface area contributed by atoms with E-state index >= 15 is 0 Å². The zero-order valence-corrected chi connectivity index (χ0v) is 6.57. The number of ether oxygens (including phenoxy) is 1. The van der Waals surface area contributed by atoms with E-state index in [9.17, 15) is 0 Å². The van der Waals surface area contributed by atoms with Crippen LogP contribution < -0.4 is 0 Å². The first-order valence-electron chi connectivity index (χ1n) is 2.83. The molecule has 1 atom stereocenters. The van der Waals surface area contributed by atoms with E-state index in [1.807, 2.05) is 0 Å². The fraction of sp³-hybridized carbons (Fsp3) is 0.833. The second-order valence-corrected chi connectivity index (χ2v) is 2.18. The zero-order chi connectivity index (χ0) is 7.11. The Morgan fingerprint density at radius 1 is 1.78 bits per heavy atom. The lowest BCUT2D eigenvalue weighted by Crippen LogP contribution is -2.06. The van der Waals surface area contributed by atoms with E-state index in [4.69, 9.17) is 4.74 Å². The number of hydrogen-bond donors (Lipinski definition) is 0. The molecule has 0 aliphatic rings. The van der Waals surface area contributed by atoms with Crippen molar-refractivity contribution in [1.29, 1.82) is 0 Å². The predicted octanol–water partition coefficient (Wildman–Crippen LogP) is 1.37. The normalized spacial score (nSPS) is 12.2. The molecular weight excluding hydrogens is 134 g/mol. The molecule has 0 saturated carbocycles. The molecule has 2 nitrogen and oxygen atoms in total. The van der Waals surface area contributed by atoms with Crippen molar-refractivity contribution in [3.05, 3.63) is 0 Å². The lowest BCUT2D eigenvalue weighted by atomic mass is 10.2. The molecule has 0 N–H and O–H groups in total. The van der Waals surface area contributed by atoms with E-state index in [1.54, 1.807) is 7.11 Å². The Balaban J connectivity index is 3.25. The lowest BCUT2D eigenvalue weighted by Gasteiger charge is -2.03. The van der Waals surface area contributed by atoms with Gasteiger partial charge in [-0.05, 0) is 18.1 Å². The summed E-state index contributed by atoms with van der Waals surface area (Å²) < 4.78 is 4.88. The van der Waals surface area contributed by atoms with Crippen LogP contribution in [0.3, 0.4) is 0 Å². The van der Waals surface area contributed by atoms with Gasteiger partial charge in [0, 0.05) is 7.11 Å². The summed E-state index contributed by atoms with van der Waals surface area (Å²) in [6, 6.07) is 0. The Bertz CT molecular complexity index is 110. The highest BCUT2D eigenvalue weighted by molar-refractivity contribution is 7.78. The van der Waals surface area contributed by atoms with Gasteiger partial charge >= 0.3 is 0 Å². The maximum Gasteiger partial charge on any atom is 0.0585 e. The van der Waals surface area contributed by atoms with Crippen LogP contribution in [0.25, 0.3) is 0 Å². The van der Waals surface area contributed by atoms with Gasteiger partial charge in [-0.2, -0.15) is 0 Å². The number of thiocarbonyl (C=S) groups is 1. The maximum atomic E-state index is 4.88. The van der Waals surface area contributed by atoms with Gasteiger partial charge in [0.05, 0.1) is 18.3 Å². The quantitative estimate of drug-likeness (QED) is 0.440. The predicted molar refractivity (Wildman–Crippen MR) is 40.9 cm³/mol. The molecule has 0 aromatic carbocycles. The third-order valence-electron chi connectivity index (χ3n) is 0.919. The van der Waals surface area contributed by atoms with E-state index < -0.39 is 0 Å². The fourth-order valence-corrected chi connectivity index (χ4v) is 0.605. The number of isothiocyanates is 1. The summed E-state index contributed by atoms with van der Waals surface area (Å²) in [4.78, 5) is 3.78. The first-order chi connectivity index (χ1) is 4.31. The summed E-state index contributed by atoms with van der Waals surface area (Å²) in [6.07, 6.45) is 0. The Morgan fingerprint density at radius 2 is 2.44 bits per heavy atom. The van der Waals surface area contributed by atoms with Crippen LogP contribution in [0, 0.1) is 5.92 Å². The van der Waals surface area contributed by atoms with Crippen LogP contribution in [-0.4, -0.2) is 25.4 Å². The lowest BCUT2D eigenvalue weighted by molar-refractivity contribution is 0.163. The topological polar surface area (TPSA) is 21.6 Å². The molecule has 0 radical (unpaired) electrons. The van der Waals surface area contributed by atoms with Gasteiger partial charge < -0.3 is 4.74 Å². The molecule has 0 aliphatic carbocycles. The monoisotopic (exact) mass is 145 g/mol. The highest BCUT2D eigenvalue weighted by atomic mass is 32.1. The average Bonchev–Trinajstić information content (AvgIpc) is 1.85. The number of nitrogens with zero attached hydrogens (tertiary/aromatic N) is 1. The molecule has 1 unspecified atom stereocenters.